The van der Waals surface area contributed by atoms with Crippen LogP contribution in [0.3, 0.4) is 0 Å². The summed E-state index contributed by atoms with van der Waals surface area (Å²) in [5, 5.41) is 3.45. The zero-order valence-electron chi connectivity index (χ0n) is 15.6. The molecule has 138 valence electrons. The molecule has 1 unspecified atom stereocenters. The fraction of sp³-hybridized carbons (Fsp3) is 0.667. The zero-order chi connectivity index (χ0) is 17.5. The first-order valence-corrected chi connectivity index (χ1v) is 10.1. The Morgan fingerprint density at radius 3 is 2.56 bits per heavy atom. The van der Waals surface area contributed by atoms with Crippen LogP contribution in [0.2, 0.25) is 0 Å². The fourth-order valence-electron chi connectivity index (χ4n) is 4.19. The molecule has 1 aromatic rings. The molecule has 3 rings (SSSR count). The van der Waals surface area contributed by atoms with Gasteiger partial charge in [0.1, 0.15) is 0 Å². The van der Waals surface area contributed by atoms with Crippen LogP contribution in [0.5, 0.6) is 0 Å². The van der Waals surface area contributed by atoms with E-state index in [-0.39, 0.29) is 6.04 Å². The highest BCUT2D eigenvalue weighted by molar-refractivity contribution is 5.82. The number of hydrogen-bond donors (Lipinski definition) is 1. The van der Waals surface area contributed by atoms with Gasteiger partial charge in [-0.15, -0.1) is 0 Å². The number of nitrogens with one attached hydrogen (secondary N) is 1. The Kier molecular flexibility index (Phi) is 6.88. The van der Waals surface area contributed by atoms with Crippen LogP contribution in [-0.4, -0.2) is 54.5 Å². The molecule has 25 heavy (non-hydrogen) atoms. The molecule has 0 spiro atoms. The number of benzene rings is 1. The highest BCUT2D eigenvalue weighted by atomic mass is 16.2. The third kappa shape index (κ3) is 5.05. The number of carbonyl (C=O) groups excluding carboxylic acids is 1. The summed E-state index contributed by atoms with van der Waals surface area (Å²) in [5.41, 5.74) is 1.31. The molecule has 0 aromatic heterocycles. The smallest absolute Gasteiger partial charge is 0.239 e. The van der Waals surface area contributed by atoms with Crippen molar-refractivity contribution in [2.24, 2.45) is 5.92 Å². The van der Waals surface area contributed by atoms with Crippen molar-refractivity contribution in [3.8, 4) is 0 Å². The van der Waals surface area contributed by atoms with Crippen LogP contribution in [0.4, 0.5) is 0 Å². The molecule has 1 N–H and O–H groups in total. The first kappa shape index (κ1) is 18.4. The van der Waals surface area contributed by atoms with Crippen LogP contribution in [0.15, 0.2) is 30.3 Å². The van der Waals surface area contributed by atoms with E-state index in [0.717, 1.165) is 64.4 Å². The van der Waals surface area contributed by atoms with E-state index >= 15 is 0 Å². The molecule has 1 atom stereocenters. The molecule has 0 saturated carbocycles. The Morgan fingerprint density at radius 2 is 1.84 bits per heavy atom. The summed E-state index contributed by atoms with van der Waals surface area (Å²) in [5.74, 6) is 1.10. The molecular weight excluding hydrogens is 310 g/mol. The number of likely N-dealkylation sites (tertiary alicyclic amines) is 2. The summed E-state index contributed by atoms with van der Waals surface area (Å²) in [6.45, 7) is 8.10. The van der Waals surface area contributed by atoms with E-state index in [4.69, 9.17) is 0 Å². The van der Waals surface area contributed by atoms with Crippen LogP contribution >= 0.6 is 0 Å². The molecule has 4 nitrogen and oxygen atoms in total. The number of rotatable bonds is 6. The SMILES string of the molecule is CCNCC1CCN(C(=O)C2CCCCN2Cc2ccccc2)CC1. The number of nitrogens with zero attached hydrogens (tertiary/aromatic N) is 2. The third-order valence-corrected chi connectivity index (χ3v) is 5.74. The number of hydrogen-bond acceptors (Lipinski definition) is 3. The predicted molar refractivity (Wildman–Crippen MR) is 102 cm³/mol. The van der Waals surface area contributed by atoms with Crippen LogP contribution in [0.1, 0.15) is 44.6 Å². The van der Waals surface area contributed by atoms with E-state index in [9.17, 15) is 4.79 Å². The van der Waals surface area contributed by atoms with Crippen molar-refractivity contribution in [3.63, 3.8) is 0 Å². The molecule has 2 aliphatic rings. The maximum Gasteiger partial charge on any atom is 0.239 e. The molecule has 2 aliphatic heterocycles. The Bertz CT molecular complexity index is 525. The van der Waals surface area contributed by atoms with Gasteiger partial charge in [-0.1, -0.05) is 43.7 Å². The number of amides is 1. The largest absolute Gasteiger partial charge is 0.341 e. The fourth-order valence-corrected chi connectivity index (χ4v) is 4.19. The maximum atomic E-state index is 13.1. The Hall–Kier alpha value is -1.39. The zero-order valence-corrected chi connectivity index (χ0v) is 15.6. The lowest BCUT2D eigenvalue weighted by Gasteiger charge is -2.40. The van der Waals surface area contributed by atoms with E-state index in [2.05, 4.69) is 52.4 Å². The molecule has 4 heteroatoms. The topological polar surface area (TPSA) is 35.6 Å². The van der Waals surface area contributed by atoms with Crippen LogP contribution < -0.4 is 5.32 Å². The van der Waals surface area contributed by atoms with Gasteiger partial charge >= 0.3 is 0 Å². The molecule has 1 amide bonds. The van der Waals surface area contributed by atoms with Gasteiger partial charge in [0.15, 0.2) is 0 Å². The molecular formula is C21H33N3O. The lowest BCUT2D eigenvalue weighted by atomic mass is 9.94. The average molecular weight is 344 g/mol. The van der Waals surface area contributed by atoms with Crippen molar-refractivity contribution in [2.45, 2.75) is 51.6 Å². The second-order valence-electron chi connectivity index (χ2n) is 7.54. The van der Waals surface area contributed by atoms with Crippen molar-refractivity contribution < 1.29 is 4.79 Å². The quantitative estimate of drug-likeness (QED) is 0.863. The normalized spacial score (nSPS) is 22.9. The van der Waals surface area contributed by atoms with Crippen molar-refractivity contribution >= 4 is 5.91 Å². The van der Waals surface area contributed by atoms with Crippen molar-refractivity contribution in [3.05, 3.63) is 35.9 Å². The third-order valence-electron chi connectivity index (χ3n) is 5.74. The highest BCUT2D eigenvalue weighted by Gasteiger charge is 2.33. The van der Waals surface area contributed by atoms with Gasteiger partial charge in [-0.3, -0.25) is 9.69 Å². The van der Waals surface area contributed by atoms with Gasteiger partial charge in [0.2, 0.25) is 5.91 Å². The highest BCUT2D eigenvalue weighted by Crippen LogP contribution is 2.24. The second-order valence-corrected chi connectivity index (χ2v) is 7.54. The Labute approximate surface area is 152 Å². The second kappa shape index (κ2) is 9.35. The summed E-state index contributed by atoms with van der Waals surface area (Å²) in [6, 6.07) is 10.7. The average Bonchev–Trinajstić information content (AvgIpc) is 2.67. The first-order chi connectivity index (χ1) is 12.3. The van der Waals surface area contributed by atoms with E-state index in [1.807, 2.05) is 0 Å². The van der Waals surface area contributed by atoms with Gasteiger partial charge in [-0.2, -0.15) is 0 Å². The van der Waals surface area contributed by atoms with Gasteiger partial charge in [0, 0.05) is 19.6 Å². The lowest BCUT2D eigenvalue weighted by molar-refractivity contribution is -0.140. The molecule has 2 heterocycles. The predicted octanol–water partition coefficient (Wildman–Crippen LogP) is 2.89. The minimum absolute atomic E-state index is 0.0827. The van der Waals surface area contributed by atoms with Gasteiger partial charge in [-0.25, -0.2) is 0 Å². The van der Waals surface area contributed by atoms with Crippen molar-refractivity contribution in [1.82, 2.24) is 15.1 Å². The van der Waals surface area contributed by atoms with Gasteiger partial charge < -0.3 is 10.2 Å². The summed E-state index contributed by atoms with van der Waals surface area (Å²) >= 11 is 0. The molecule has 2 saturated heterocycles. The maximum absolute atomic E-state index is 13.1. The minimum Gasteiger partial charge on any atom is -0.341 e. The van der Waals surface area contributed by atoms with Gasteiger partial charge in [0.05, 0.1) is 6.04 Å². The van der Waals surface area contributed by atoms with E-state index < -0.39 is 0 Å². The molecule has 1 aromatic carbocycles. The van der Waals surface area contributed by atoms with E-state index in [1.165, 1.54) is 18.4 Å². The Balaban J connectivity index is 1.56. The summed E-state index contributed by atoms with van der Waals surface area (Å²) in [7, 11) is 0. The van der Waals surface area contributed by atoms with Crippen molar-refractivity contribution in [1.29, 1.82) is 0 Å². The number of piperidine rings is 2. The van der Waals surface area contributed by atoms with Crippen LogP contribution in [0.25, 0.3) is 0 Å². The van der Waals surface area contributed by atoms with Crippen LogP contribution in [-0.2, 0) is 11.3 Å². The standard InChI is InChI=1S/C21H33N3O/c1-2-22-16-18-11-14-23(15-12-18)21(25)20-10-6-7-13-24(20)17-19-8-4-3-5-9-19/h3-5,8-9,18,20,22H,2,6-7,10-17H2,1H3. The molecule has 0 bridgehead atoms. The molecule has 2 fully saturated rings. The van der Waals surface area contributed by atoms with Gasteiger partial charge in [-0.05, 0) is 56.8 Å². The summed E-state index contributed by atoms with van der Waals surface area (Å²) in [6.07, 6.45) is 5.69. The van der Waals surface area contributed by atoms with E-state index in [1.54, 1.807) is 0 Å². The van der Waals surface area contributed by atoms with Crippen molar-refractivity contribution in [2.75, 3.05) is 32.7 Å². The van der Waals surface area contributed by atoms with Gasteiger partial charge in [0.25, 0.3) is 0 Å². The van der Waals surface area contributed by atoms with E-state index in [0.29, 0.717) is 5.91 Å². The molecule has 0 radical (unpaired) electrons. The lowest BCUT2D eigenvalue weighted by Crippen LogP contribution is -2.52. The summed E-state index contributed by atoms with van der Waals surface area (Å²) < 4.78 is 0. The van der Waals surface area contributed by atoms with Crippen LogP contribution in [0, 0.1) is 5.92 Å². The minimum atomic E-state index is 0.0827. The first-order valence-electron chi connectivity index (χ1n) is 10.1. The monoisotopic (exact) mass is 343 g/mol. The molecule has 0 aliphatic carbocycles. The summed E-state index contributed by atoms with van der Waals surface area (Å²) in [4.78, 5) is 17.7. The number of carbonyl (C=O) groups is 1. The Morgan fingerprint density at radius 1 is 1.08 bits per heavy atom.